The van der Waals surface area contributed by atoms with E-state index in [0.29, 0.717) is 0 Å². The summed E-state index contributed by atoms with van der Waals surface area (Å²) >= 11 is 0. The SMILES string of the molecule is N#CC1(NCC2CC2)CNC1. The Balaban J connectivity index is 1.78. The number of nitrogens with one attached hydrogen (secondary N) is 2. The minimum absolute atomic E-state index is 0.220. The lowest BCUT2D eigenvalue weighted by molar-refractivity contribution is 0.281. The number of nitrogens with zero attached hydrogens (tertiary/aromatic N) is 1. The first kappa shape index (κ1) is 7.08. The fourth-order valence-electron chi connectivity index (χ4n) is 1.28. The van der Waals surface area contributed by atoms with Crippen molar-refractivity contribution in [2.24, 2.45) is 5.92 Å². The summed E-state index contributed by atoms with van der Waals surface area (Å²) in [6.07, 6.45) is 2.70. The van der Waals surface area contributed by atoms with E-state index < -0.39 is 0 Å². The zero-order valence-corrected chi connectivity index (χ0v) is 6.56. The van der Waals surface area contributed by atoms with Gasteiger partial charge in [-0.3, -0.25) is 5.32 Å². The number of rotatable bonds is 3. The molecule has 11 heavy (non-hydrogen) atoms. The van der Waals surface area contributed by atoms with E-state index >= 15 is 0 Å². The van der Waals surface area contributed by atoms with Crippen LogP contribution in [0, 0.1) is 17.2 Å². The van der Waals surface area contributed by atoms with E-state index in [1.807, 2.05) is 0 Å². The molecule has 0 aromatic heterocycles. The summed E-state index contributed by atoms with van der Waals surface area (Å²) in [5, 5.41) is 15.3. The maximum Gasteiger partial charge on any atom is 0.131 e. The van der Waals surface area contributed by atoms with Gasteiger partial charge >= 0.3 is 0 Å². The van der Waals surface area contributed by atoms with Gasteiger partial charge in [0, 0.05) is 13.1 Å². The summed E-state index contributed by atoms with van der Waals surface area (Å²) in [5.41, 5.74) is -0.220. The van der Waals surface area contributed by atoms with Crippen LogP contribution in [0.3, 0.4) is 0 Å². The van der Waals surface area contributed by atoms with Crippen molar-refractivity contribution in [3.05, 3.63) is 0 Å². The molecular weight excluding hydrogens is 138 g/mol. The van der Waals surface area contributed by atoms with Gasteiger partial charge in [0.1, 0.15) is 5.54 Å². The molecule has 1 saturated carbocycles. The van der Waals surface area contributed by atoms with Gasteiger partial charge in [-0.1, -0.05) is 0 Å². The molecule has 3 nitrogen and oxygen atoms in total. The average molecular weight is 151 g/mol. The lowest BCUT2D eigenvalue weighted by Gasteiger charge is -2.37. The summed E-state index contributed by atoms with van der Waals surface area (Å²) in [6, 6.07) is 2.32. The maximum atomic E-state index is 8.82. The van der Waals surface area contributed by atoms with Gasteiger partial charge < -0.3 is 5.32 Å². The van der Waals surface area contributed by atoms with Crippen molar-refractivity contribution < 1.29 is 0 Å². The lowest BCUT2D eigenvalue weighted by Crippen LogP contribution is -2.67. The van der Waals surface area contributed by atoms with Crippen molar-refractivity contribution in [2.45, 2.75) is 18.4 Å². The van der Waals surface area contributed by atoms with Gasteiger partial charge in [0.05, 0.1) is 6.07 Å². The van der Waals surface area contributed by atoms with Crippen LogP contribution in [0.15, 0.2) is 0 Å². The van der Waals surface area contributed by atoms with Crippen LogP contribution in [0.1, 0.15) is 12.8 Å². The molecule has 0 unspecified atom stereocenters. The Morgan fingerprint density at radius 2 is 2.27 bits per heavy atom. The fourth-order valence-corrected chi connectivity index (χ4v) is 1.28. The van der Waals surface area contributed by atoms with Crippen LogP contribution in [0.2, 0.25) is 0 Å². The third kappa shape index (κ3) is 1.37. The second-order valence-corrected chi connectivity index (χ2v) is 3.62. The first-order valence-corrected chi connectivity index (χ1v) is 4.22. The molecule has 0 atom stereocenters. The van der Waals surface area contributed by atoms with Crippen LogP contribution in [0.5, 0.6) is 0 Å². The lowest BCUT2D eigenvalue weighted by atomic mass is 9.94. The van der Waals surface area contributed by atoms with Gasteiger partial charge in [0.15, 0.2) is 0 Å². The number of hydrogen-bond donors (Lipinski definition) is 2. The van der Waals surface area contributed by atoms with Crippen molar-refractivity contribution in [3.63, 3.8) is 0 Å². The Bertz CT molecular complexity index is 186. The third-order valence-corrected chi connectivity index (χ3v) is 2.49. The first-order valence-electron chi connectivity index (χ1n) is 4.22. The van der Waals surface area contributed by atoms with E-state index in [0.717, 1.165) is 25.6 Å². The number of hydrogen-bond acceptors (Lipinski definition) is 3. The highest BCUT2D eigenvalue weighted by molar-refractivity contribution is 5.16. The molecule has 3 heteroatoms. The molecule has 0 bridgehead atoms. The smallest absolute Gasteiger partial charge is 0.131 e. The van der Waals surface area contributed by atoms with E-state index in [1.165, 1.54) is 12.8 Å². The molecule has 1 aliphatic carbocycles. The van der Waals surface area contributed by atoms with Crippen LogP contribution in [0.25, 0.3) is 0 Å². The molecule has 2 N–H and O–H groups in total. The van der Waals surface area contributed by atoms with Crippen LogP contribution < -0.4 is 10.6 Å². The van der Waals surface area contributed by atoms with E-state index in [1.54, 1.807) is 0 Å². The largest absolute Gasteiger partial charge is 0.311 e. The zero-order valence-electron chi connectivity index (χ0n) is 6.56. The average Bonchev–Trinajstić information content (AvgIpc) is 2.70. The van der Waals surface area contributed by atoms with Gasteiger partial charge in [0.25, 0.3) is 0 Å². The highest BCUT2D eigenvalue weighted by Gasteiger charge is 2.37. The summed E-state index contributed by atoms with van der Waals surface area (Å²) in [6.45, 7) is 2.67. The van der Waals surface area contributed by atoms with Crippen LogP contribution in [-0.2, 0) is 0 Å². The van der Waals surface area contributed by atoms with Crippen molar-refractivity contribution >= 4 is 0 Å². The topological polar surface area (TPSA) is 47.9 Å². The standard InChI is InChI=1S/C8H13N3/c9-4-8(5-10-6-8)11-3-7-1-2-7/h7,10-11H,1-3,5-6H2. The Morgan fingerprint density at radius 1 is 1.55 bits per heavy atom. The normalized spacial score (nSPS) is 27.2. The molecule has 0 aromatic carbocycles. The van der Waals surface area contributed by atoms with Gasteiger partial charge in [-0.2, -0.15) is 5.26 Å². The van der Waals surface area contributed by atoms with Crippen molar-refractivity contribution in [1.29, 1.82) is 5.26 Å². The Hall–Kier alpha value is -0.590. The number of nitriles is 1. The van der Waals surface area contributed by atoms with Crippen LogP contribution in [0.4, 0.5) is 0 Å². The Kier molecular flexibility index (Phi) is 1.59. The van der Waals surface area contributed by atoms with Gasteiger partial charge in [0.2, 0.25) is 0 Å². The summed E-state index contributed by atoms with van der Waals surface area (Å²) in [7, 11) is 0. The van der Waals surface area contributed by atoms with E-state index in [2.05, 4.69) is 16.7 Å². The highest BCUT2D eigenvalue weighted by Crippen LogP contribution is 2.28. The van der Waals surface area contributed by atoms with Crippen molar-refractivity contribution in [2.75, 3.05) is 19.6 Å². The molecule has 1 heterocycles. The molecule has 60 valence electrons. The summed E-state index contributed by atoms with van der Waals surface area (Å²) in [5.74, 6) is 0.862. The molecule has 0 amide bonds. The quantitative estimate of drug-likeness (QED) is 0.590. The fraction of sp³-hybridized carbons (Fsp3) is 0.875. The van der Waals surface area contributed by atoms with Crippen LogP contribution >= 0.6 is 0 Å². The second-order valence-electron chi connectivity index (χ2n) is 3.62. The second kappa shape index (κ2) is 2.47. The molecule has 1 saturated heterocycles. The minimum Gasteiger partial charge on any atom is -0.311 e. The summed E-state index contributed by atoms with van der Waals surface area (Å²) < 4.78 is 0. The predicted molar refractivity (Wildman–Crippen MR) is 41.9 cm³/mol. The molecule has 0 radical (unpaired) electrons. The molecule has 0 spiro atoms. The summed E-state index contributed by atoms with van der Waals surface area (Å²) in [4.78, 5) is 0. The van der Waals surface area contributed by atoms with E-state index in [9.17, 15) is 0 Å². The van der Waals surface area contributed by atoms with Crippen molar-refractivity contribution in [1.82, 2.24) is 10.6 Å². The van der Waals surface area contributed by atoms with Gasteiger partial charge in [-0.05, 0) is 25.3 Å². The maximum absolute atomic E-state index is 8.82. The first-order chi connectivity index (χ1) is 5.35. The third-order valence-electron chi connectivity index (χ3n) is 2.49. The van der Waals surface area contributed by atoms with Crippen LogP contribution in [-0.4, -0.2) is 25.2 Å². The van der Waals surface area contributed by atoms with Gasteiger partial charge in [-0.15, -0.1) is 0 Å². The molecule has 1 aliphatic heterocycles. The highest BCUT2D eigenvalue weighted by atomic mass is 15.1. The molecule has 0 aromatic rings. The Labute approximate surface area is 66.8 Å². The molecular formula is C8H13N3. The zero-order chi connectivity index (χ0) is 7.73. The van der Waals surface area contributed by atoms with E-state index in [4.69, 9.17) is 5.26 Å². The molecule has 2 rings (SSSR count). The van der Waals surface area contributed by atoms with Gasteiger partial charge in [-0.25, -0.2) is 0 Å². The molecule has 2 fully saturated rings. The minimum atomic E-state index is -0.220. The predicted octanol–water partition coefficient (Wildman–Crippen LogP) is -0.148. The monoisotopic (exact) mass is 151 g/mol. The molecule has 2 aliphatic rings. The Morgan fingerprint density at radius 3 is 2.64 bits per heavy atom. The van der Waals surface area contributed by atoms with E-state index in [-0.39, 0.29) is 5.54 Å². The van der Waals surface area contributed by atoms with Crippen molar-refractivity contribution in [3.8, 4) is 6.07 Å².